The molecule has 52 valence electrons. The maximum absolute atomic E-state index is 10.4. The molecule has 0 N–H and O–H groups in total. The molecule has 0 bridgehead atoms. The van der Waals surface area contributed by atoms with Crippen LogP contribution in [0.3, 0.4) is 0 Å². The molecule has 10 heavy (non-hydrogen) atoms. The first-order valence-electron chi connectivity index (χ1n) is 2.37. The van der Waals surface area contributed by atoms with Crippen molar-refractivity contribution < 1.29 is 66.0 Å². The van der Waals surface area contributed by atoms with Crippen LogP contribution in [0.25, 0.3) is 0 Å². The van der Waals surface area contributed by atoms with Crippen molar-refractivity contribution in [2.75, 3.05) is 6.61 Å². The number of carbonyl (C=O) groups excluding carboxylic acids is 1. The molecule has 0 atom stereocenters. The summed E-state index contributed by atoms with van der Waals surface area (Å²) in [5.41, 5.74) is 0. The number of carbonyl (C=O) groups is 1. The number of hydrogen-bond donors (Lipinski definition) is 0. The first-order chi connectivity index (χ1) is 4.22. The summed E-state index contributed by atoms with van der Waals surface area (Å²) in [7, 11) is 0. The van der Waals surface area contributed by atoms with E-state index < -0.39 is 11.0 Å². The molecule has 0 aliphatic carbocycles. The second-order valence-electron chi connectivity index (χ2n) is 1.19. The largest absolute Gasteiger partial charge is 1.00 e. The SMILES string of the molecule is CCOC(=O)C(Cl)=C[O-].[K+]. The van der Waals surface area contributed by atoms with Crippen molar-refractivity contribution in [1.29, 1.82) is 0 Å². The molecule has 0 radical (unpaired) electrons. The molecular weight excluding hydrogens is 183 g/mol. The normalized spacial score (nSPS) is 10.0. The summed E-state index contributed by atoms with van der Waals surface area (Å²) in [5.74, 6) is -0.769. The van der Waals surface area contributed by atoms with Crippen LogP contribution in [0, 0.1) is 0 Å². The number of rotatable bonds is 2. The van der Waals surface area contributed by atoms with E-state index in [0.29, 0.717) is 0 Å². The quantitative estimate of drug-likeness (QED) is 0.201. The van der Waals surface area contributed by atoms with Crippen molar-refractivity contribution in [3.8, 4) is 0 Å². The Hall–Kier alpha value is 0.936. The van der Waals surface area contributed by atoms with E-state index in [1.807, 2.05) is 0 Å². The smallest absolute Gasteiger partial charge is 0.877 e. The van der Waals surface area contributed by atoms with Gasteiger partial charge in [-0.2, -0.15) is 0 Å². The Balaban J connectivity index is 0. The van der Waals surface area contributed by atoms with Gasteiger partial charge in [0.05, 0.1) is 6.61 Å². The van der Waals surface area contributed by atoms with Crippen molar-refractivity contribution in [3.05, 3.63) is 11.3 Å². The van der Waals surface area contributed by atoms with Crippen LogP contribution < -0.4 is 56.5 Å². The Bertz CT molecular complexity index is 135. The summed E-state index contributed by atoms with van der Waals surface area (Å²) < 4.78 is 4.36. The molecule has 3 nitrogen and oxygen atoms in total. The second kappa shape index (κ2) is 8.04. The van der Waals surface area contributed by atoms with E-state index in [2.05, 4.69) is 4.74 Å². The monoisotopic (exact) mass is 188 g/mol. The molecule has 0 fully saturated rings. The van der Waals surface area contributed by atoms with Gasteiger partial charge in [-0.1, -0.05) is 11.6 Å². The molecule has 0 aromatic rings. The predicted octanol–water partition coefficient (Wildman–Crippen LogP) is -3.01. The molecule has 0 aliphatic heterocycles. The van der Waals surface area contributed by atoms with E-state index in [1.54, 1.807) is 6.92 Å². The zero-order valence-electron chi connectivity index (χ0n) is 5.89. The maximum Gasteiger partial charge on any atom is 1.00 e. The van der Waals surface area contributed by atoms with Crippen LogP contribution in [0.15, 0.2) is 11.3 Å². The number of esters is 1. The van der Waals surface area contributed by atoms with Crippen LogP contribution in [0.1, 0.15) is 6.92 Å². The molecule has 0 spiro atoms. The van der Waals surface area contributed by atoms with Crippen LogP contribution in [-0.4, -0.2) is 12.6 Å². The van der Waals surface area contributed by atoms with Gasteiger partial charge in [-0.3, -0.25) is 0 Å². The average Bonchev–Trinajstić information content (AvgIpc) is 1.87. The number of halogens is 1. The minimum Gasteiger partial charge on any atom is -0.877 e. The van der Waals surface area contributed by atoms with E-state index in [1.165, 1.54) is 0 Å². The van der Waals surface area contributed by atoms with Crippen molar-refractivity contribution >= 4 is 17.6 Å². The molecule has 0 aromatic carbocycles. The van der Waals surface area contributed by atoms with E-state index in [4.69, 9.17) is 11.6 Å². The molecule has 0 rings (SSSR count). The fourth-order valence-electron chi connectivity index (χ4n) is 0.248. The molecule has 5 heteroatoms. The average molecular weight is 189 g/mol. The maximum atomic E-state index is 10.4. The van der Waals surface area contributed by atoms with Crippen molar-refractivity contribution in [1.82, 2.24) is 0 Å². The van der Waals surface area contributed by atoms with E-state index in [9.17, 15) is 9.90 Å². The van der Waals surface area contributed by atoms with Gasteiger partial charge in [0.15, 0.2) is 0 Å². The first kappa shape index (κ1) is 13.5. The molecule has 0 amide bonds. The number of hydrogen-bond acceptors (Lipinski definition) is 3. The summed E-state index contributed by atoms with van der Waals surface area (Å²) in [4.78, 5) is 10.4. The van der Waals surface area contributed by atoms with Crippen LogP contribution in [0.4, 0.5) is 0 Å². The van der Waals surface area contributed by atoms with E-state index in [-0.39, 0.29) is 64.3 Å². The van der Waals surface area contributed by atoms with E-state index >= 15 is 0 Å². The van der Waals surface area contributed by atoms with Crippen molar-refractivity contribution in [2.24, 2.45) is 0 Å². The topological polar surface area (TPSA) is 49.4 Å². The standard InChI is InChI=1S/C5H7ClO3.K/c1-2-9-5(8)4(6)3-7;/h3,7H,2H2,1H3;/q;+1/p-1. The third kappa shape index (κ3) is 5.70. The molecule has 0 saturated carbocycles. The number of ether oxygens (including phenoxy) is 1. The Kier molecular flexibility index (Phi) is 10.9. The molecule has 0 unspecified atom stereocenters. The van der Waals surface area contributed by atoms with Crippen molar-refractivity contribution in [2.45, 2.75) is 6.92 Å². The van der Waals surface area contributed by atoms with Gasteiger partial charge in [0.2, 0.25) is 0 Å². The third-order valence-corrected chi connectivity index (χ3v) is 0.817. The Labute approximate surface area is 107 Å². The minimum absolute atomic E-state index is 0. The Morgan fingerprint density at radius 1 is 1.80 bits per heavy atom. The molecule has 0 aliphatic rings. The van der Waals surface area contributed by atoms with Crippen LogP contribution >= 0.6 is 11.6 Å². The van der Waals surface area contributed by atoms with Crippen LogP contribution in [0.2, 0.25) is 0 Å². The van der Waals surface area contributed by atoms with Gasteiger partial charge >= 0.3 is 57.4 Å². The summed E-state index contributed by atoms with van der Waals surface area (Å²) in [6.07, 6.45) is 0.250. The molecule has 0 heterocycles. The summed E-state index contributed by atoms with van der Waals surface area (Å²) in [6, 6.07) is 0. The minimum atomic E-state index is -0.769. The zero-order valence-corrected chi connectivity index (χ0v) is 9.77. The summed E-state index contributed by atoms with van der Waals surface area (Å²) in [6.45, 7) is 1.86. The fourth-order valence-corrected chi connectivity index (χ4v) is 0.303. The Morgan fingerprint density at radius 3 is 2.60 bits per heavy atom. The second-order valence-corrected chi connectivity index (χ2v) is 1.59. The van der Waals surface area contributed by atoms with Gasteiger partial charge in [-0.05, 0) is 6.92 Å². The van der Waals surface area contributed by atoms with Crippen molar-refractivity contribution in [3.63, 3.8) is 0 Å². The molecule has 0 saturated heterocycles. The van der Waals surface area contributed by atoms with Gasteiger partial charge < -0.3 is 9.84 Å². The van der Waals surface area contributed by atoms with Crippen LogP contribution in [-0.2, 0) is 9.53 Å². The first-order valence-corrected chi connectivity index (χ1v) is 2.75. The Morgan fingerprint density at radius 2 is 2.30 bits per heavy atom. The van der Waals surface area contributed by atoms with E-state index in [0.717, 1.165) is 0 Å². The van der Waals surface area contributed by atoms with Gasteiger partial charge in [0.1, 0.15) is 5.03 Å². The van der Waals surface area contributed by atoms with Gasteiger partial charge in [0.25, 0.3) is 0 Å². The van der Waals surface area contributed by atoms with Crippen LogP contribution in [0.5, 0.6) is 0 Å². The summed E-state index contributed by atoms with van der Waals surface area (Å²) >= 11 is 5.07. The fraction of sp³-hybridized carbons (Fsp3) is 0.400. The summed E-state index contributed by atoms with van der Waals surface area (Å²) in [5, 5.41) is 9.33. The third-order valence-electron chi connectivity index (χ3n) is 0.574. The van der Waals surface area contributed by atoms with Gasteiger partial charge in [0, 0.05) is 0 Å². The van der Waals surface area contributed by atoms with Gasteiger partial charge in [-0.25, -0.2) is 4.79 Å². The predicted molar refractivity (Wildman–Crippen MR) is 30.6 cm³/mol. The van der Waals surface area contributed by atoms with Gasteiger partial charge in [-0.15, -0.1) is 6.26 Å². The molecule has 0 aromatic heterocycles. The zero-order chi connectivity index (χ0) is 7.28. The molecular formula is C5H6ClKO3.